The minimum atomic E-state index is -0.784. The second kappa shape index (κ2) is 11.0. The van der Waals surface area contributed by atoms with Crippen LogP contribution in [0.2, 0.25) is 0 Å². The quantitative estimate of drug-likeness (QED) is 0.482. The number of benzene rings is 2. The lowest BCUT2D eigenvalue weighted by Crippen LogP contribution is -2.27. The number of carbonyl (C=O) groups is 2. The fourth-order valence-electron chi connectivity index (χ4n) is 4.43. The van der Waals surface area contributed by atoms with Gasteiger partial charge in [-0.15, -0.1) is 0 Å². The van der Waals surface area contributed by atoms with Gasteiger partial charge in [-0.3, -0.25) is 9.59 Å². The van der Waals surface area contributed by atoms with E-state index in [1.165, 1.54) is 12.5 Å². The van der Waals surface area contributed by atoms with Gasteiger partial charge in [-0.2, -0.15) is 5.48 Å². The lowest BCUT2D eigenvalue weighted by molar-refractivity contribution is -0.146. The Hall–Kier alpha value is -3.94. The summed E-state index contributed by atoms with van der Waals surface area (Å²) >= 11 is 0. The van der Waals surface area contributed by atoms with E-state index in [-0.39, 0.29) is 11.4 Å². The van der Waals surface area contributed by atoms with Crippen molar-refractivity contribution < 1.29 is 24.3 Å². The molecule has 1 fully saturated rings. The van der Waals surface area contributed by atoms with Crippen molar-refractivity contribution in [3.63, 3.8) is 0 Å². The molecular formula is C27H29N3O5. The molecule has 3 aromatic rings. The molecule has 1 amide bonds. The number of ether oxygens (including phenoxy) is 1. The van der Waals surface area contributed by atoms with Gasteiger partial charge >= 0.3 is 11.9 Å². The van der Waals surface area contributed by atoms with Gasteiger partial charge in [0.2, 0.25) is 0 Å². The van der Waals surface area contributed by atoms with Gasteiger partial charge in [0.1, 0.15) is 17.3 Å². The van der Waals surface area contributed by atoms with Gasteiger partial charge < -0.3 is 14.7 Å². The summed E-state index contributed by atoms with van der Waals surface area (Å²) in [5.74, 6) is 1.25. The van der Waals surface area contributed by atoms with Crippen molar-refractivity contribution in [3.05, 3.63) is 77.4 Å². The van der Waals surface area contributed by atoms with Gasteiger partial charge in [-0.05, 0) is 74.3 Å². The van der Waals surface area contributed by atoms with E-state index in [1.54, 1.807) is 6.92 Å². The maximum Gasteiger partial charge on any atom is 0.329 e. The molecule has 1 saturated carbocycles. The van der Waals surface area contributed by atoms with E-state index in [0.29, 0.717) is 29.8 Å². The van der Waals surface area contributed by atoms with Crippen LogP contribution in [0.15, 0.2) is 54.6 Å². The molecule has 0 unspecified atom stereocenters. The third kappa shape index (κ3) is 6.35. The summed E-state index contributed by atoms with van der Waals surface area (Å²) in [6.07, 6.45) is 4.77. The molecule has 2 N–H and O–H groups in total. The highest BCUT2D eigenvalue weighted by Gasteiger charge is 2.25. The number of rotatable bonds is 6. The highest BCUT2D eigenvalue weighted by Crippen LogP contribution is 2.37. The Morgan fingerprint density at radius 2 is 1.63 bits per heavy atom. The number of hydrogen-bond acceptors (Lipinski definition) is 7. The smallest absolute Gasteiger partial charge is 0.329 e. The van der Waals surface area contributed by atoms with E-state index >= 15 is 0 Å². The Morgan fingerprint density at radius 1 is 0.971 bits per heavy atom. The molecule has 0 spiro atoms. The molecule has 1 aliphatic rings. The third-order valence-corrected chi connectivity index (χ3v) is 6.26. The van der Waals surface area contributed by atoms with Crippen LogP contribution in [0.25, 0.3) is 0 Å². The maximum atomic E-state index is 12.2. The average molecular weight is 476 g/mol. The Bertz CT molecular complexity index is 1170. The summed E-state index contributed by atoms with van der Waals surface area (Å²) < 4.78 is 5.89. The van der Waals surface area contributed by atoms with Crippen LogP contribution in [0, 0.1) is 12.8 Å². The van der Waals surface area contributed by atoms with Gasteiger partial charge in [-0.1, -0.05) is 30.3 Å². The molecule has 0 saturated heterocycles. The minimum absolute atomic E-state index is 0.194. The first-order valence-corrected chi connectivity index (χ1v) is 11.8. The van der Waals surface area contributed by atoms with Crippen molar-refractivity contribution in [2.24, 2.45) is 5.92 Å². The van der Waals surface area contributed by atoms with Crippen LogP contribution in [0.4, 0.5) is 0 Å². The van der Waals surface area contributed by atoms with Crippen LogP contribution in [-0.2, 0) is 16.1 Å². The Labute approximate surface area is 204 Å². The van der Waals surface area contributed by atoms with Crippen LogP contribution in [0.3, 0.4) is 0 Å². The van der Waals surface area contributed by atoms with Gasteiger partial charge in [0, 0.05) is 13.3 Å². The number of para-hydroxylation sites is 1. The zero-order chi connectivity index (χ0) is 24.8. The van der Waals surface area contributed by atoms with E-state index < -0.39 is 11.9 Å². The molecule has 1 aromatic heterocycles. The van der Waals surface area contributed by atoms with Gasteiger partial charge in [0.25, 0.3) is 0 Å². The number of aromatic hydroxyl groups is 1. The molecule has 182 valence electrons. The molecule has 0 atom stereocenters. The number of nitrogens with zero attached hydrogens (tertiary/aromatic N) is 2. The minimum Gasteiger partial charge on any atom is -0.504 e. The molecule has 4 rings (SSSR count). The molecular weight excluding hydrogens is 446 g/mol. The van der Waals surface area contributed by atoms with E-state index in [2.05, 4.69) is 26.9 Å². The first-order chi connectivity index (χ1) is 16.9. The second-order valence-electron chi connectivity index (χ2n) is 8.85. The number of hydroxylamine groups is 1. The number of carbonyl (C=O) groups excluding carboxylic acids is 2. The van der Waals surface area contributed by atoms with E-state index in [9.17, 15) is 14.7 Å². The summed E-state index contributed by atoms with van der Waals surface area (Å²) in [5, 5.41) is 10.2. The van der Waals surface area contributed by atoms with E-state index in [4.69, 9.17) is 4.74 Å². The van der Waals surface area contributed by atoms with Gasteiger partial charge in [0.15, 0.2) is 11.4 Å². The summed E-state index contributed by atoms with van der Waals surface area (Å²) in [6, 6.07) is 18.0. The van der Waals surface area contributed by atoms with Crippen molar-refractivity contribution in [3.8, 4) is 17.2 Å². The highest BCUT2D eigenvalue weighted by molar-refractivity contribution is 5.94. The number of hydrogen-bond donors (Lipinski definition) is 2. The molecule has 0 bridgehead atoms. The van der Waals surface area contributed by atoms with Crippen molar-refractivity contribution in [1.29, 1.82) is 0 Å². The maximum absolute atomic E-state index is 12.2. The lowest BCUT2D eigenvalue weighted by atomic mass is 9.77. The zero-order valence-corrected chi connectivity index (χ0v) is 19.9. The van der Waals surface area contributed by atoms with Crippen LogP contribution in [0.1, 0.15) is 66.1 Å². The van der Waals surface area contributed by atoms with E-state index in [1.807, 2.05) is 47.9 Å². The largest absolute Gasteiger partial charge is 0.504 e. The monoisotopic (exact) mass is 475 g/mol. The van der Waals surface area contributed by atoms with Crippen LogP contribution in [-0.4, -0.2) is 27.0 Å². The van der Waals surface area contributed by atoms with Crippen molar-refractivity contribution in [2.45, 2.75) is 51.9 Å². The molecule has 2 aromatic carbocycles. The normalized spacial score (nSPS) is 17.4. The molecule has 1 heterocycles. The predicted octanol–water partition coefficient (Wildman–Crippen LogP) is 5.01. The van der Waals surface area contributed by atoms with Crippen LogP contribution in [0.5, 0.6) is 17.2 Å². The Balaban J connectivity index is 1.33. The Morgan fingerprint density at radius 3 is 2.29 bits per heavy atom. The summed E-state index contributed by atoms with van der Waals surface area (Å²) in [4.78, 5) is 36.3. The summed E-state index contributed by atoms with van der Waals surface area (Å²) in [7, 11) is 0. The third-order valence-electron chi connectivity index (χ3n) is 6.26. The SMILES string of the molecule is CC(=O)ONC(=O)c1nc(CC2CCC(c3ccc(Oc4ccccc4)cc3)CC2)nc(C)c1O. The topological polar surface area (TPSA) is 111 Å². The molecule has 1 aliphatic carbocycles. The molecule has 0 radical (unpaired) electrons. The zero-order valence-electron chi connectivity index (χ0n) is 19.9. The standard InChI is InChI=1S/C27H29N3O5/c1-17-26(32)25(27(33)30-35-18(2)31)29-24(28-17)16-19-8-10-20(11-9-19)21-12-14-23(15-13-21)34-22-6-4-3-5-7-22/h3-7,12-15,19-20,32H,8-11,16H2,1-2H3,(H,30,33). The summed E-state index contributed by atoms with van der Waals surface area (Å²) in [5.41, 5.74) is 3.42. The van der Waals surface area contributed by atoms with Crippen LogP contribution < -0.4 is 10.2 Å². The lowest BCUT2D eigenvalue weighted by Gasteiger charge is -2.28. The van der Waals surface area contributed by atoms with Crippen molar-refractivity contribution >= 4 is 11.9 Å². The van der Waals surface area contributed by atoms with Gasteiger partial charge in [-0.25, -0.2) is 9.97 Å². The average Bonchev–Trinajstić information content (AvgIpc) is 2.86. The fraction of sp³-hybridized carbons (Fsp3) is 0.333. The molecule has 0 aliphatic heterocycles. The molecule has 8 nitrogen and oxygen atoms in total. The highest BCUT2D eigenvalue weighted by atomic mass is 16.7. The van der Waals surface area contributed by atoms with E-state index in [0.717, 1.165) is 37.2 Å². The number of nitrogens with one attached hydrogen (secondary N) is 1. The first-order valence-electron chi connectivity index (χ1n) is 11.8. The first kappa shape index (κ1) is 24.2. The number of amides is 1. The van der Waals surface area contributed by atoms with Crippen LogP contribution >= 0.6 is 0 Å². The van der Waals surface area contributed by atoms with Crippen molar-refractivity contribution in [2.75, 3.05) is 0 Å². The van der Waals surface area contributed by atoms with Gasteiger partial charge in [0.05, 0.1) is 5.69 Å². The Kier molecular flexibility index (Phi) is 7.60. The van der Waals surface area contributed by atoms with Crippen molar-refractivity contribution in [1.82, 2.24) is 15.4 Å². The molecule has 35 heavy (non-hydrogen) atoms. The summed E-state index contributed by atoms with van der Waals surface area (Å²) in [6.45, 7) is 2.78. The number of aromatic nitrogens is 2. The number of aryl methyl sites for hydroxylation is 1. The second-order valence-corrected chi connectivity index (χ2v) is 8.85. The fourth-order valence-corrected chi connectivity index (χ4v) is 4.43. The predicted molar refractivity (Wildman–Crippen MR) is 129 cm³/mol. The molecule has 8 heteroatoms.